The van der Waals surface area contributed by atoms with Crippen molar-refractivity contribution < 1.29 is 9.53 Å². The van der Waals surface area contributed by atoms with Gasteiger partial charge in [-0.05, 0) is 50.0 Å². The molecule has 0 radical (unpaired) electrons. The van der Waals surface area contributed by atoms with Gasteiger partial charge in [-0.15, -0.1) is 0 Å². The summed E-state index contributed by atoms with van der Waals surface area (Å²) in [5.41, 5.74) is 0. The van der Waals surface area contributed by atoms with Crippen molar-refractivity contribution in [2.45, 2.75) is 32.1 Å². The van der Waals surface area contributed by atoms with Crippen molar-refractivity contribution in [3.05, 3.63) is 30.3 Å². The third kappa shape index (κ3) is 5.71. The van der Waals surface area contributed by atoms with Gasteiger partial charge < -0.3 is 15.0 Å². The van der Waals surface area contributed by atoms with Gasteiger partial charge in [0.25, 0.3) is 0 Å². The first-order valence-electron chi connectivity index (χ1n) is 7.52. The Hall–Kier alpha value is -1.62. The molecule has 2 rings (SSSR count). The molecule has 1 aromatic carbocycles. The van der Waals surface area contributed by atoms with Crippen molar-refractivity contribution >= 4 is 23.2 Å². The fourth-order valence-electron chi connectivity index (χ4n) is 2.30. The van der Waals surface area contributed by atoms with E-state index in [0.717, 1.165) is 31.7 Å². The van der Waals surface area contributed by atoms with E-state index in [1.165, 1.54) is 6.42 Å². The predicted octanol–water partition coefficient (Wildman–Crippen LogP) is 2.73. The molecule has 0 aliphatic carbocycles. The number of amides is 1. The number of carbonyl (C=O) groups excluding carboxylic acids is 1. The number of hydrogen-bond acceptors (Lipinski definition) is 3. The van der Waals surface area contributed by atoms with Crippen LogP contribution in [-0.2, 0) is 4.79 Å². The lowest BCUT2D eigenvalue weighted by atomic mass is 10.1. The molecule has 0 unspecified atom stereocenters. The first kappa shape index (κ1) is 15.8. The highest BCUT2D eigenvalue weighted by Gasteiger charge is 2.14. The van der Waals surface area contributed by atoms with Crippen LogP contribution >= 0.6 is 12.2 Å². The SMILES string of the molecule is O=C(CCCOc1ccccc1)NC(=S)N1CCCCC1. The zero-order valence-electron chi connectivity index (χ0n) is 12.2. The van der Waals surface area contributed by atoms with Gasteiger partial charge in [0.1, 0.15) is 5.75 Å². The highest BCUT2D eigenvalue weighted by Crippen LogP contribution is 2.10. The van der Waals surface area contributed by atoms with Crippen LogP contribution in [0, 0.1) is 0 Å². The summed E-state index contributed by atoms with van der Waals surface area (Å²) >= 11 is 5.27. The first-order valence-corrected chi connectivity index (χ1v) is 7.93. The number of para-hydroxylation sites is 1. The molecule has 1 fully saturated rings. The minimum atomic E-state index is -0.0257. The van der Waals surface area contributed by atoms with Crippen LogP contribution in [0.15, 0.2) is 30.3 Å². The van der Waals surface area contributed by atoms with E-state index in [1.54, 1.807) is 0 Å². The molecule has 1 N–H and O–H groups in total. The number of rotatable bonds is 5. The Kier molecular flexibility index (Phi) is 6.47. The quantitative estimate of drug-likeness (QED) is 0.671. The van der Waals surface area contributed by atoms with Gasteiger partial charge in [0.2, 0.25) is 5.91 Å². The van der Waals surface area contributed by atoms with Gasteiger partial charge in [-0.2, -0.15) is 0 Å². The van der Waals surface area contributed by atoms with Crippen molar-refractivity contribution in [2.75, 3.05) is 19.7 Å². The molecule has 1 aromatic rings. The summed E-state index contributed by atoms with van der Waals surface area (Å²) < 4.78 is 5.55. The fourth-order valence-corrected chi connectivity index (χ4v) is 2.59. The molecule has 21 heavy (non-hydrogen) atoms. The number of hydrogen-bond donors (Lipinski definition) is 1. The molecule has 0 aromatic heterocycles. The molecule has 114 valence electrons. The van der Waals surface area contributed by atoms with E-state index in [1.807, 2.05) is 30.3 Å². The standard InChI is InChI=1S/C16H22N2O2S/c19-15(17-16(21)18-11-5-2-6-12-18)10-7-13-20-14-8-3-1-4-9-14/h1,3-4,8-9H,2,5-7,10-13H2,(H,17,19,21). The number of carbonyl (C=O) groups is 1. The predicted molar refractivity (Wildman–Crippen MR) is 87.3 cm³/mol. The average molecular weight is 306 g/mol. The van der Waals surface area contributed by atoms with Crippen LogP contribution in [0.2, 0.25) is 0 Å². The molecule has 1 saturated heterocycles. The van der Waals surface area contributed by atoms with Crippen LogP contribution in [0.4, 0.5) is 0 Å². The topological polar surface area (TPSA) is 41.6 Å². The largest absolute Gasteiger partial charge is 0.494 e. The first-order chi connectivity index (χ1) is 10.3. The lowest BCUT2D eigenvalue weighted by Gasteiger charge is -2.28. The maximum absolute atomic E-state index is 11.8. The van der Waals surface area contributed by atoms with Crippen LogP contribution in [0.1, 0.15) is 32.1 Å². The van der Waals surface area contributed by atoms with E-state index in [2.05, 4.69) is 10.2 Å². The van der Waals surface area contributed by atoms with Gasteiger partial charge in [0.15, 0.2) is 5.11 Å². The number of piperidine rings is 1. The number of nitrogens with zero attached hydrogens (tertiary/aromatic N) is 1. The van der Waals surface area contributed by atoms with Gasteiger partial charge in [0, 0.05) is 19.5 Å². The van der Waals surface area contributed by atoms with E-state index in [9.17, 15) is 4.79 Å². The Bertz CT molecular complexity index is 459. The molecule has 0 bridgehead atoms. The Morgan fingerprint density at radius 1 is 1.19 bits per heavy atom. The van der Waals surface area contributed by atoms with E-state index >= 15 is 0 Å². The molecule has 0 spiro atoms. The second-order valence-corrected chi connectivity index (χ2v) is 5.55. The van der Waals surface area contributed by atoms with Crippen molar-refractivity contribution in [1.29, 1.82) is 0 Å². The van der Waals surface area contributed by atoms with Crippen LogP contribution < -0.4 is 10.1 Å². The molecule has 1 heterocycles. The number of nitrogens with one attached hydrogen (secondary N) is 1. The second kappa shape index (κ2) is 8.62. The van der Waals surface area contributed by atoms with E-state index in [-0.39, 0.29) is 5.91 Å². The van der Waals surface area contributed by atoms with Gasteiger partial charge in [-0.1, -0.05) is 18.2 Å². The van der Waals surface area contributed by atoms with Gasteiger partial charge >= 0.3 is 0 Å². The zero-order chi connectivity index (χ0) is 14.9. The van der Waals surface area contributed by atoms with Crippen molar-refractivity contribution in [1.82, 2.24) is 10.2 Å². The normalized spacial score (nSPS) is 14.6. The van der Waals surface area contributed by atoms with Crippen LogP contribution in [0.5, 0.6) is 5.75 Å². The molecular formula is C16H22N2O2S. The number of likely N-dealkylation sites (tertiary alicyclic amines) is 1. The molecule has 1 aliphatic heterocycles. The molecule has 4 nitrogen and oxygen atoms in total. The molecule has 5 heteroatoms. The van der Waals surface area contributed by atoms with Gasteiger partial charge in [0.05, 0.1) is 6.61 Å². The van der Waals surface area contributed by atoms with Crippen LogP contribution in [0.3, 0.4) is 0 Å². The summed E-state index contributed by atoms with van der Waals surface area (Å²) in [5.74, 6) is 0.809. The summed E-state index contributed by atoms with van der Waals surface area (Å²) in [6.07, 6.45) is 4.68. The number of thiocarbonyl (C=S) groups is 1. The Labute approximate surface area is 131 Å². The highest BCUT2D eigenvalue weighted by atomic mass is 32.1. The van der Waals surface area contributed by atoms with Crippen molar-refractivity contribution in [3.8, 4) is 5.75 Å². The Morgan fingerprint density at radius 3 is 2.62 bits per heavy atom. The number of ether oxygens (including phenoxy) is 1. The van der Waals surface area contributed by atoms with E-state index in [0.29, 0.717) is 24.6 Å². The monoisotopic (exact) mass is 306 g/mol. The second-order valence-electron chi connectivity index (χ2n) is 5.17. The summed E-state index contributed by atoms with van der Waals surface area (Å²) in [5, 5.41) is 3.38. The Balaban J connectivity index is 1.60. The van der Waals surface area contributed by atoms with Crippen LogP contribution in [-0.4, -0.2) is 35.6 Å². The lowest BCUT2D eigenvalue weighted by Crippen LogP contribution is -2.44. The third-order valence-electron chi connectivity index (χ3n) is 3.45. The smallest absolute Gasteiger partial charge is 0.226 e. The summed E-state index contributed by atoms with van der Waals surface area (Å²) in [7, 11) is 0. The third-order valence-corrected chi connectivity index (χ3v) is 3.81. The van der Waals surface area contributed by atoms with Gasteiger partial charge in [-0.25, -0.2) is 0 Å². The molecule has 1 amide bonds. The molecule has 0 atom stereocenters. The summed E-state index contributed by atoms with van der Waals surface area (Å²) in [4.78, 5) is 13.9. The summed E-state index contributed by atoms with van der Waals surface area (Å²) in [6.45, 7) is 2.44. The van der Waals surface area contributed by atoms with Crippen molar-refractivity contribution in [3.63, 3.8) is 0 Å². The fraction of sp³-hybridized carbons (Fsp3) is 0.500. The maximum atomic E-state index is 11.8. The average Bonchev–Trinajstić information content (AvgIpc) is 2.53. The van der Waals surface area contributed by atoms with E-state index < -0.39 is 0 Å². The zero-order valence-corrected chi connectivity index (χ0v) is 13.0. The van der Waals surface area contributed by atoms with Crippen LogP contribution in [0.25, 0.3) is 0 Å². The minimum Gasteiger partial charge on any atom is -0.494 e. The number of benzene rings is 1. The summed E-state index contributed by atoms with van der Waals surface area (Å²) in [6, 6.07) is 9.62. The molecule has 0 saturated carbocycles. The molecular weight excluding hydrogens is 284 g/mol. The maximum Gasteiger partial charge on any atom is 0.226 e. The Morgan fingerprint density at radius 2 is 1.90 bits per heavy atom. The molecule has 1 aliphatic rings. The van der Waals surface area contributed by atoms with Crippen molar-refractivity contribution in [2.24, 2.45) is 0 Å². The van der Waals surface area contributed by atoms with E-state index in [4.69, 9.17) is 17.0 Å². The minimum absolute atomic E-state index is 0.0257. The van der Waals surface area contributed by atoms with Gasteiger partial charge in [-0.3, -0.25) is 4.79 Å². The lowest BCUT2D eigenvalue weighted by molar-refractivity contribution is -0.120. The highest BCUT2D eigenvalue weighted by molar-refractivity contribution is 7.80.